The summed E-state index contributed by atoms with van der Waals surface area (Å²) in [4.78, 5) is 12.4. The zero-order valence-corrected chi connectivity index (χ0v) is 12.1. The molecule has 0 fully saturated rings. The zero-order chi connectivity index (χ0) is 14.3. The van der Waals surface area contributed by atoms with Crippen molar-refractivity contribution in [2.45, 2.75) is 18.2 Å². The van der Waals surface area contributed by atoms with Gasteiger partial charge in [0.25, 0.3) is 0 Å². The van der Waals surface area contributed by atoms with Gasteiger partial charge in [-0.05, 0) is 37.7 Å². The highest BCUT2D eigenvalue weighted by Gasteiger charge is 2.10. The predicted octanol–water partition coefficient (Wildman–Crippen LogP) is 2.77. The zero-order valence-electron chi connectivity index (χ0n) is 11.3. The molecule has 0 bridgehead atoms. The smallest absolute Gasteiger partial charge is 0.304 e. The molecule has 0 aliphatic heterocycles. The van der Waals surface area contributed by atoms with Crippen LogP contribution in [0.1, 0.15) is 23.8 Å². The van der Waals surface area contributed by atoms with Gasteiger partial charge in [0.15, 0.2) is 0 Å². The number of carboxylic acids is 1. The van der Waals surface area contributed by atoms with Gasteiger partial charge >= 0.3 is 5.97 Å². The van der Waals surface area contributed by atoms with E-state index in [1.54, 1.807) is 7.11 Å². The third-order valence-electron chi connectivity index (χ3n) is 2.95. The maximum Gasteiger partial charge on any atom is 0.304 e. The lowest BCUT2D eigenvalue weighted by molar-refractivity contribution is -0.137. The van der Waals surface area contributed by atoms with Crippen LogP contribution >= 0.6 is 11.6 Å². The van der Waals surface area contributed by atoms with Crippen LogP contribution < -0.4 is 4.74 Å². The van der Waals surface area contributed by atoms with Crippen LogP contribution in [0, 0.1) is 0 Å². The maximum atomic E-state index is 10.5. The fourth-order valence-corrected chi connectivity index (χ4v) is 1.95. The topological polar surface area (TPSA) is 49.8 Å². The molecule has 5 heteroatoms. The Balaban J connectivity index is 2.37. The summed E-state index contributed by atoms with van der Waals surface area (Å²) < 4.78 is 5.09. The van der Waals surface area contributed by atoms with E-state index in [1.165, 1.54) is 0 Å². The van der Waals surface area contributed by atoms with Gasteiger partial charge in [0.05, 0.1) is 18.9 Å². The van der Waals surface area contributed by atoms with Crippen LogP contribution in [0.15, 0.2) is 24.3 Å². The summed E-state index contributed by atoms with van der Waals surface area (Å²) in [6.07, 6.45) is 0.940. The largest absolute Gasteiger partial charge is 0.497 e. The number of hydrogen-bond donors (Lipinski definition) is 1. The van der Waals surface area contributed by atoms with E-state index in [-0.39, 0.29) is 11.8 Å². The van der Waals surface area contributed by atoms with E-state index in [9.17, 15) is 4.79 Å². The van der Waals surface area contributed by atoms with Crippen molar-refractivity contribution in [2.24, 2.45) is 0 Å². The van der Waals surface area contributed by atoms with Crippen molar-refractivity contribution in [1.82, 2.24) is 4.90 Å². The highest BCUT2D eigenvalue weighted by atomic mass is 35.5. The number of alkyl halides is 1. The molecule has 0 saturated heterocycles. The summed E-state index contributed by atoms with van der Waals surface area (Å²) in [6, 6.07) is 7.68. The molecule has 0 aliphatic rings. The molecule has 19 heavy (non-hydrogen) atoms. The minimum absolute atomic E-state index is 0.0711. The Hall–Kier alpha value is -1.26. The number of hydrogen-bond acceptors (Lipinski definition) is 3. The van der Waals surface area contributed by atoms with Gasteiger partial charge in [-0.25, -0.2) is 0 Å². The van der Waals surface area contributed by atoms with E-state index in [4.69, 9.17) is 21.4 Å². The second-order valence-corrected chi connectivity index (χ2v) is 5.00. The van der Waals surface area contributed by atoms with Crippen molar-refractivity contribution in [2.75, 3.05) is 27.2 Å². The van der Waals surface area contributed by atoms with E-state index in [2.05, 4.69) is 0 Å². The second kappa shape index (κ2) is 8.02. The maximum absolute atomic E-state index is 10.5. The number of ether oxygens (including phenoxy) is 1. The molecule has 1 atom stereocenters. The summed E-state index contributed by atoms with van der Waals surface area (Å²) in [6.45, 7) is 1.31. The van der Waals surface area contributed by atoms with Gasteiger partial charge in [-0.15, -0.1) is 11.6 Å². The molecule has 0 aliphatic carbocycles. The Bertz CT molecular complexity index is 394. The van der Waals surface area contributed by atoms with E-state index in [1.807, 2.05) is 36.2 Å². The monoisotopic (exact) mass is 285 g/mol. The molecule has 4 nitrogen and oxygen atoms in total. The minimum atomic E-state index is -0.774. The molecule has 0 radical (unpaired) electrons. The highest BCUT2D eigenvalue weighted by Crippen LogP contribution is 2.26. The number of aliphatic carboxylic acids is 1. The van der Waals surface area contributed by atoms with Gasteiger partial charge in [0.1, 0.15) is 5.75 Å². The molecular weight excluding hydrogens is 266 g/mol. The van der Waals surface area contributed by atoms with Gasteiger partial charge in [-0.2, -0.15) is 0 Å². The molecule has 0 saturated carbocycles. The van der Waals surface area contributed by atoms with Crippen molar-refractivity contribution in [3.8, 4) is 5.75 Å². The van der Waals surface area contributed by atoms with E-state index >= 15 is 0 Å². The average molecular weight is 286 g/mol. The Morgan fingerprint density at radius 3 is 2.53 bits per heavy atom. The van der Waals surface area contributed by atoms with Gasteiger partial charge in [-0.3, -0.25) is 4.79 Å². The molecule has 0 heterocycles. The van der Waals surface area contributed by atoms with Gasteiger partial charge in [-0.1, -0.05) is 12.1 Å². The number of carbonyl (C=O) groups is 1. The molecule has 0 spiro atoms. The van der Waals surface area contributed by atoms with E-state index in [0.717, 1.165) is 24.3 Å². The standard InChI is InChI=1S/C14H20ClNO3/c1-16(10-8-14(17)18)9-7-13(15)11-3-5-12(19-2)6-4-11/h3-6,13H,7-10H2,1-2H3,(H,17,18). The summed E-state index contributed by atoms with van der Waals surface area (Å²) in [5.41, 5.74) is 1.05. The second-order valence-electron chi connectivity index (χ2n) is 4.48. The molecule has 1 N–H and O–H groups in total. The lowest BCUT2D eigenvalue weighted by Gasteiger charge is -2.17. The molecule has 1 aromatic rings. The van der Waals surface area contributed by atoms with Crippen molar-refractivity contribution in [1.29, 1.82) is 0 Å². The molecule has 1 unspecified atom stereocenters. The highest BCUT2D eigenvalue weighted by molar-refractivity contribution is 6.20. The van der Waals surface area contributed by atoms with Crippen LogP contribution in [-0.2, 0) is 4.79 Å². The number of benzene rings is 1. The molecule has 106 valence electrons. The SMILES string of the molecule is COc1ccc(C(Cl)CCN(C)CCC(=O)O)cc1. The van der Waals surface area contributed by atoms with Crippen LogP contribution in [0.2, 0.25) is 0 Å². The average Bonchev–Trinajstić information content (AvgIpc) is 2.42. The van der Waals surface area contributed by atoms with Crippen LogP contribution in [0.3, 0.4) is 0 Å². The first-order valence-corrected chi connectivity index (χ1v) is 6.65. The van der Waals surface area contributed by atoms with Crippen LogP contribution in [0.4, 0.5) is 0 Å². The lowest BCUT2D eigenvalue weighted by Crippen LogP contribution is -2.23. The number of halogens is 1. The van der Waals surface area contributed by atoms with Crippen LogP contribution in [-0.4, -0.2) is 43.2 Å². The first-order chi connectivity index (χ1) is 9.02. The summed E-state index contributed by atoms with van der Waals surface area (Å²) in [5.74, 6) is 0.0376. The Morgan fingerprint density at radius 1 is 1.37 bits per heavy atom. The van der Waals surface area contributed by atoms with Crippen molar-refractivity contribution < 1.29 is 14.6 Å². The lowest BCUT2D eigenvalue weighted by atomic mass is 10.1. The number of carboxylic acid groups (broad SMARTS) is 1. The first-order valence-electron chi connectivity index (χ1n) is 6.21. The normalized spacial score (nSPS) is 12.4. The van der Waals surface area contributed by atoms with Crippen LogP contribution in [0.5, 0.6) is 5.75 Å². The number of methoxy groups -OCH3 is 1. The molecule has 1 aromatic carbocycles. The predicted molar refractivity (Wildman–Crippen MR) is 76.0 cm³/mol. The fourth-order valence-electron chi connectivity index (χ4n) is 1.71. The van der Waals surface area contributed by atoms with Crippen molar-refractivity contribution >= 4 is 17.6 Å². The van der Waals surface area contributed by atoms with Crippen LogP contribution in [0.25, 0.3) is 0 Å². The van der Waals surface area contributed by atoms with Gasteiger partial charge in [0, 0.05) is 6.54 Å². The first kappa shape index (κ1) is 15.8. The van der Waals surface area contributed by atoms with E-state index in [0.29, 0.717) is 6.54 Å². The fraction of sp³-hybridized carbons (Fsp3) is 0.500. The Morgan fingerprint density at radius 2 is 2.00 bits per heavy atom. The molecule has 0 aromatic heterocycles. The van der Waals surface area contributed by atoms with E-state index < -0.39 is 5.97 Å². The number of rotatable bonds is 8. The van der Waals surface area contributed by atoms with Gasteiger partial charge in [0.2, 0.25) is 0 Å². The quantitative estimate of drug-likeness (QED) is 0.746. The third kappa shape index (κ3) is 5.94. The van der Waals surface area contributed by atoms with Crippen molar-refractivity contribution in [3.63, 3.8) is 0 Å². The van der Waals surface area contributed by atoms with Gasteiger partial charge < -0.3 is 14.7 Å². The Labute approximate surface area is 118 Å². The molecule has 0 amide bonds. The molecule has 1 rings (SSSR count). The summed E-state index contributed by atoms with van der Waals surface area (Å²) in [5, 5.41) is 8.53. The number of nitrogens with zero attached hydrogens (tertiary/aromatic N) is 1. The van der Waals surface area contributed by atoms with Crippen molar-refractivity contribution in [3.05, 3.63) is 29.8 Å². The molecular formula is C14H20ClNO3. The Kier molecular flexibility index (Phi) is 6.67. The summed E-state index contributed by atoms with van der Waals surface area (Å²) in [7, 11) is 3.53. The summed E-state index contributed by atoms with van der Waals surface area (Å²) >= 11 is 6.32. The minimum Gasteiger partial charge on any atom is -0.497 e. The third-order valence-corrected chi connectivity index (χ3v) is 3.42.